The molecule has 2 N–H and O–H groups in total. The van der Waals surface area contributed by atoms with Gasteiger partial charge in [0, 0.05) is 34.7 Å². The molecule has 2 aromatic heterocycles. The summed E-state index contributed by atoms with van der Waals surface area (Å²) < 4.78 is 5.50. The van der Waals surface area contributed by atoms with Gasteiger partial charge in [0.05, 0.1) is 5.56 Å². The lowest BCUT2D eigenvalue weighted by atomic mass is 10.1. The van der Waals surface area contributed by atoms with E-state index in [9.17, 15) is 9.59 Å². The molecular weight excluding hydrogens is 356 g/mol. The Hall–Kier alpha value is -4.00. The number of carbonyl (C=O) groups is 2. The highest BCUT2D eigenvalue weighted by atomic mass is 16.5. The van der Waals surface area contributed by atoms with E-state index in [1.54, 1.807) is 49.6 Å². The number of Topliss-reactive ketones (excluding diaryl/α,β-unsaturated/α-hetero) is 1. The zero-order valence-electron chi connectivity index (χ0n) is 15.0. The first-order chi connectivity index (χ1) is 13.6. The number of hydrogen-bond donors (Lipinski definition) is 2. The molecule has 0 aliphatic carbocycles. The van der Waals surface area contributed by atoms with E-state index in [1.807, 2.05) is 24.3 Å². The third-order valence-electron chi connectivity index (χ3n) is 4.19. The summed E-state index contributed by atoms with van der Waals surface area (Å²) in [6.45, 7) is 1.78. The number of aromatic amines is 1. The predicted molar refractivity (Wildman–Crippen MR) is 105 cm³/mol. The number of H-pyrrole nitrogens is 1. The smallest absolute Gasteiger partial charge is 0.321 e. The lowest BCUT2D eigenvalue weighted by Gasteiger charge is -2.07. The standard InChI is InChI=1S/C21H16N4O3/c1-13-18(16-5-2-3-6-17(16)24-13)19(26)20(27)25-14-7-9-15(10-8-14)28-21-22-11-4-12-23-21/h2-12,24H,1H3,(H,25,27). The van der Waals surface area contributed by atoms with Gasteiger partial charge in [-0.3, -0.25) is 9.59 Å². The maximum Gasteiger partial charge on any atom is 0.321 e. The van der Waals surface area contributed by atoms with Crippen molar-refractivity contribution in [1.82, 2.24) is 15.0 Å². The highest BCUT2D eigenvalue weighted by molar-refractivity contribution is 6.48. The highest BCUT2D eigenvalue weighted by Gasteiger charge is 2.22. The van der Waals surface area contributed by atoms with Crippen LogP contribution in [-0.2, 0) is 4.79 Å². The van der Waals surface area contributed by atoms with Gasteiger partial charge in [0.2, 0.25) is 0 Å². The molecule has 28 heavy (non-hydrogen) atoms. The molecule has 4 rings (SSSR count). The number of hydrogen-bond acceptors (Lipinski definition) is 5. The van der Waals surface area contributed by atoms with Crippen molar-refractivity contribution in [3.05, 3.63) is 78.2 Å². The molecule has 0 saturated heterocycles. The Morgan fingerprint density at radius 3 is 2.43 bits per heavy atom. The number of para-hydroxylation sites is 1. The van der Waals surface area contributed by atoms with Crippen molar-refractivity contribution in [2.45, 2.75) is 6.92 Å². The Balaban J connectivity index is 1.48. The van der Waals surface area contributed by atoms with Crippen molar-refractivity contribution >= 4 is 28.3 Å². The third-order valence-corrected chi connectivity index (χ3v) is 4.19. The maximum atomic E-state index is 12.7. The second-order valence-electron chi connectivity index (χ2n) is 6.11. The third kappa shape index (κ3) is 3.45. The van der Waals surface area contributed by atoms with Crippen molar-refractivity contribution in [2.75, 3.05) is 5.32 Å². The molecule has 2 heterocycles. The molecule has 0 saturated carbocycles. The lowest BCUT2D eigenvalue weighted by Crippen LogP contribution is -2.23. The SMILES string of the molecule is Cc1[nH]c2ccccc2c1C(=O)C(=O)Nc1ccc(Oc2ncccn2)cc1. The number of rotatable bonds is 5. The number of fused-ring (bicyclic) bond motifs is 1. The van der Waals surface area contributed by atoms with E-state index in [1.165, 1.54) is 0 Å². The van der Waals surface area contributed by atoms with Crippen LogP contribution in [-0.4, -0.2) is 26.6 Å². The molecule has 0 unspecified atom stereocenters. The Bertz CT molecular complexity index is 1150. The van der Waals surface area contributed by atoms with Crippen molar-refractivity contribution < 1.29 is 14.3 Å². The fraction of sp³-hybridized carbons (Fsp3) is 0.0476. The van der Waals surface area contributed by atoms with Crippen LogP contribution in [0.4, 0.5) is 5.69 Å². The van der Waals surface area contributed by atoms with Crippen LogP contribution in [0.1, 0.15) is 16.1 Å². The van der Waals surface area contributed by atoms with E-state index in [0.29, 0.717) is 22.7 Å². The molecule has 0 bridgehead atoms. The molecule has 0 atom stereocenters. The first-order valence-corrected chi connectivity index (χ1v) is 8.60. The first kappa shape index (κ1) is 17.4. The van der Waals surface area contributed by atoms with Gasteiger partial charge in [-0.05, 0) is 43.3 Å². The molecule has 7 heteroatoms. The number of nitrogens with zero attached hydrogens (tertiary/aromatic N) is 2. The zero-order valence-corrected chi connectivity index (χ0v) is 15.0. The maximum absolute atomic E-state index is 12.7. The number of anilines is 1. The molecule has 1 amide bonds. The summed E-state index contributed by atoms with van der Waals surface area (Å²) >= 11 is 0. The van der Waals surface area contributed by atoms with E-state index in [4.69, 9.17) is 4.74 Å². The van der Waals surface area contributed by atoms with E-state index in [2.05, 4.69) is 20.3 Å². The molecule has 0 radical (unpaired) electrons. The molecule has 4 aromatic rings. The first-order valence-electron chi connectivity index (χ1n) is 8.60. The average Bonchev–Trinajstić information content (AvgIpc) is 3.05. The van der Waals surface area contributed by atoms with Gasteiger partial charge in [-0.1, -0.05) is 18.2 Å². The Morgan fingerprint density at radius 1 is 0.964 bits per heavy atom. The number of ether oxygens (including phenoxy) is 1. The summed E-state index contributed by atoms with van der Waals surface area (Å²) in [6, 6.07) is 15.9. The molecular formula is C21H16N4O3. The topological polar surface area (TPSA) is 97.0 Å². The lowest BCUT2D eigenvalue weighted by molar-refractivity contribution is -0.112. The number of benzene rings is 2. The summed E-state index contributed by atoms with van der Waals surface area (Å²) in [6.07, 6.45) is 3.16. The van der Waals surface area contributed by atoms with Gasteiger partial charge < -0.3 is 15.0 Å². The van der Waals surface area contributed by atoms with E-state index < -0.39 is 11.7 Å². The second-order valence-corrected chi connectivity index (χ2v) is 6.11. The summed E-state index contributed by atoms with van der Waals surface area (Å²) in [4.78, 5) is 36.2. The molecule has 0 aliphatic rings. The largest absolute Gasteiger partial charge is 0.424 e. The van der Waals surface area contributed by atoms with Crippen molar-refractivity contribution in [3.63, 3.8) is 0 Å². The monoisotopic (exact) mass is 372 g/mol. The van der Waals surface area contributed by atoms with Gasteiger partial charge in [0.15, 0.2) is 0 Å². The number of carbonyl (C=O) groups excluding carboxylic acids is 2. The molecule has 0 aliphatic heterocycles. The van der Waals surface area contributed by atoms with Crippen molar-refractivity contribution in [1.29, 1.82) is 0 Å². The van der Waals surface area contributed by atoms with Crippen LogP contribution in [0.25, 0.3) is 10.9 Å². The summed E-state index contributed by atoms with van der Waals surface area (Å²) in [5.41, 5.74) is 2.35. The Morgan fingerprint density at radius 2 is 1.68 bits per heavy atom. The summed E-state index contributed by atoms with van der Waals surface area (Å²) in [5, 5.41) is 3.35. The van der Waals surface area contributed by atoms with Gasteiger partial charge >= 0.3 is 6.01 Å². The molecule has 2 aromatic carbocycles. The quantitative estimate of drug-likeness (QED) is 0.409. The molecule has 0 fully saturated rings. The minimum Gasteiger partial charge on any atom is -0.424 e. The second kappa shape index (κ2) is 7.32. The van der Waals surface area contributed by atoms with Gasteiger partial charge in [0.25, 0.3) is 11.7 Å². The van der Waals surface area contributed by atoms with Crippen molar-refractivity contribution in [2.24, 2.45) is 0 Å². The number of aromatic nitrogens is 3. The van der Waals surface area contributed by atoms with Gasteiger partial charge in [-0.15, -0.1) is 0 Å². The average molecular weight is 372 g/mol. The van der Waals surface area contributed by atoms with Crippen LogP contribution in [0, 0.1) is 6.92 Å². The minimum absolute atomic E-state index is 0.226. The fourth-order valence-electron chi connectivity index (χ4n) is 2.92. The Kier molecular flexibility index (Phi) is 4.55. The summed E-state index contributed by atoms with van der Waals surface area (Å²) in [5.74, 6) is -0.774. The van der Waals surface area contributed by atoms with Crippen molar-refractivity contribution in [3.8, 4) is 11.8 Å². The number of amides is 1. The van der Waals surface area contributed by atoms with Crippen LogP contribution in [0.3, 0.4) is 0 Å². The van der Waals surface area contributed by atoms with Gasteiger partial charge in [0.1, 0.15) is 5.75 Å². The van der Waals surface area contributed by atoms with Crippen LogP contribution in [0.5, 0.6) is 11.8 Å². The van der Waals surface area contributed by atoms with Crippen LogP contribution in [0.15, 0.2) is 67.0 Å². The Labute approximate surface area is 160 Å². The zero-order chi connectivity index (χ0) is 19.5. The summed E-state index contributed by atoms with van der Waals surface area (Å²) in [7, 11) is 0. The molecule has 138 valence electrons. The van der Waals surface area contributed by atoms with E-state index in [0.717, 1.165) is 10.9 Å². The number of aryl methyl sites for hydroxylation is 1. The minimum atomic E-state index is -0.701. The molecule has 0 spiro atoms. The number of ketones is 1. The fourth-order valence-corrected chi connectivity index (χ4v) is 2.92. The highest BCUT2D eigenvalue weighted by Crippen LogP contribution is 2.23. The van der Waals surface area contributed by atoms with E-state index >= 15 is 0 Å². The molecule has 7 nitrogen and oxygen atoms in total. The predicted octanol–water partition coefficient (Wildman–Crippen LogP) is 3.88. The van der Waals surface area contributed by atoms with E-state index in [-0.39, 0.29) is 6.01 Å². The van der Waals surface area contributed by atoms with Crippen LogP contribution in [0.2, 0.25) is 0 Å². The van der Waals surface area contributed by atoms with Crippen LogP contribution < -0.4 is 10.1 Å². The van der Waals surface area contributed by atoms with Crippen LogP contribution >= 0.6 is 0 Å². The van der Waals surface area contributed by atoms with Gasteiger partial charge in [-0.2, -0.15) is 0 Å². The number of nitrogens with one attached hydrogen (secondary N) is 2. The normalized spacial score (nSPS) is 10.6. The van der Waals surface area contributed by atoms with Gasteiger partial charge in [-0.25, -0.2) is 9.97 Å².